The van der Waals surface area contributed by atoms with Crippen LogP contribution in [0.25, 0.3) is 0 Å². The van der Waals surface area contributed by atoms with Gasteiger partial charge in [-0.25, -0.2) is 9.59 Å². The molecule has 2 aliphatic heterocycles. The zero-order chi connectivity index (χ0) is 18.2. The molecule has 2 aliphatic rings. The summed E-state index contributed by atoms with van der Waals surface area (Å²) < 4.78 is 0. The minimum Gasteiger partial charge on any atom is -0.330 e. The summed E-state index contributed by atoms with van der Waals surface area (Å²) in [5.74, 6) is 0.194. The van der Waals surface area contributed by atoms with Crippen LogP contribution in [0.3, 0.4) is 0 Å². The van der Waals surface area contributed by atoms with E-state index in [0.717, 1.165) is 5.23 Å². The van der Waals surface area contributed by atoms with Crippen LogP contribution in [0.15, 0.2) is 0 Å². The number of rotatable bonds is 7. The highest BCUT2D eigenvalue weighted by Gasteiger charge is 2.73. The van der Waals surface area contributed by atoms with Crippen LogP contribution in [-0.4, -0.2) is 62.6 Å². The summed E-state index contributed by atoms with van der Waals surface area (Å²) >= 11 is 6.74. The molecule has 138 valence electrons. The summed E-state index contributed by atoms with van der Waals surface area (Å²) in [6, 6.07) is 0. The molecule has 2 heterocycles. The Morgan fingerprint density at radius 3 is 2.25 bits per heavy atom. The summed E-state index contributed by atoms with van der Waals surface area (Å²) in [4.78, 5) is 35.3. The maximum atomic E-state index is 12.6. The first-order valence-corrected chi connectivity index (χ1v) is 11.3. The van der Waals surface area contributed by atoms with E-state index >= 15 is 0 Å². The van der Waals surface area contributed by atoms with Crippen molar-refractivity contribution in [3.63, 3.8) is 0 Å². The van der Waals surface area contributed by atoms with E-state index in [2.05, 4.69) is 15.9 Å². The smallest absolute Gasteiger partial charge is 0.330 e. The van der Waals surface area contributed by atoms with Crippen LogP contribution >= 0.6 is 39.5 Å². The molecule has 0 spiro atoms. The van der Waals surface area contributed by atoms with Gasteiger partial charge in [0.2, 0.25) is 0 Å². The van der Waals surface area contributed by atoms with Crippen molar-refractivity contribution in [1.82, 2.24) is 5.23 Å². The summed E-state index contributed by atoms with van der Waals surface area (Å²) in [5.41, 5.74) is 9.38. The van der Waals surface area contributed by atoms with E-state index in [-0.39, 0.29) is 11.2 Å². The molecule has 0 aliphatic carbocycles. The Morgan fingerprint density at radius 2 is 1.71 bits per heavy atom. The van der Waals surface area contributed by atoms with Gasteiger partial charge in [0.05, 0.1) is 0 Å². The lowest BCUT2D eigenvalue weighted by Crippen LogP contribution is -2.76. The Bertz CT molecular complexity index is 526. The van der Waals surface area contributed by atoms with Crippen LogP contribution in [-0.2, 0) is 19.3 Å². The summed E-state index contributed by atoms with van der Waals surface area (Å²) in [7, 11) is 0. The maximum Gasteiger partial charge on any atom is 0.351 e. The fourth-order valence-corrected chi connectivity index (χ4v) is 5.15. The van der Waals surface area contributed by atoms with Crippen LogP contribution in [0.4, 0.5) is 0 Å². The van der Waals surface area contributed by atoms with Crippen LogP contribution in [0.1, 0.15) is 26.2 Å². The average molecular weight is 442 g/mol. The number of alkyl halides is 1. The fourth-order valence-electron chi connectivity index (χ4n) is 3.32. The highest BCUT2D eigenvalue weighted by atomic mass is 79.9. The number of fused-ring (bicyclic) bond motifs is 1. The third-order valence-electron chi connectivity index (χ3n) is 4.90. The van der Waals surface area contributed by atoms with Gasteiger partial charge < -0.3 is 21.1 Å². The second-order valence-electron chi connectivity index (χ2n) is 6.34. The quantitative estimate of drug-likeness (QED) is 0.559. The number of hydrogen-bond acceptors (Lipinski definition) is 9. The Labute approximate surface area is 158 Å². The zero-order valence-electron chi connectivity index (χ0n) is 14.0. The van der Waals surface area contributed by atoms with E-state index in [9.17, 15) is 9.59 Å². The van der Waals surface area contributed by atoms with E-state index in [4.69, 9.17) is 21.1 Å². The molecular weight excluding hydrogens is 418 g/mol. The minimum absolute atomic E-state index is 0.183. The standard InChI is InChI=1S/C14H24BrN3O4S2/c1-9(15)14-8-12(16,4-6-23-2)10(19)21-18(14)22-11(20)13(14,17)5-7-24-3/h9H,4-8,16-17H2,1-3H3. The summed E-state index contributed by atoms with van der Waals surface area (Å²) in [6.45, 7) is 1.86. The van der Waals surface area contributed by atoms with Gasteiger partial charge in [0, 0.05) is 16.5 Å². The van der Waals surface area contributed by atoms with Crippen molar-refractivity contribution in [2.24, 2.45) is 11.5 Å². The molecule has 4 atom stereocenters. The molecule has 0 aromatic heterocycles. The van der Waals surface area contributed by atoms with Gasteiger partial charge in [-0.15, -0.1) is 0 Å². The lowest BCUT2D eigenvalue weighted by molar-refractivity contribution is -0.364. The van der Waals surface area contributed by atoms with Gasteiger partial charge in [-0.1, -0.05) is 22.9 Å². The average Bonchev–Trinajstić information content (AvgIpc) is 2.73. The van der Waals surface area contributed by atoms with Gasteiger partial charge in [0.1, 0.15) is 16.6 Å². The number of hydroxylamine groups is 2. The van der Waals surface area contributed by atoms with Gasteiger partial charge in [0.25, 0.3) is 0 Å². The minimum atomic E-state index is -1.32. The van der Waals surface area contributed by atoms with E-state index in [1.54, 1.807) is 23.5 Å². The van der Waals surface area contributed by atoms with Crippen LogP contribution in [0.2, 0.25) is 0 Å². The van der Waals surface area contributed by atoms with E-state index in [0.29, 0.717) is 24.3 Å². The SMILES string of the molecule is CSCCC1(N)CC2(C(C)Br)N(OC1=O)OC(=O)C2(N)CCSC. The molecule has 0 bridgehead atoms. The molecule has 2 saturated heterocycles. The number of halogens is 1. The zero-order valence-corrected chi connectivity index (χ0v) is 17.3. The van der Waals surface area contributed by atoms with Gasteiger partial charge >= 0.3 is 11.9 Å². The lowest BCUT2D eigenvalue weighted by Gasteiger charge is -2.50. The first-order valence-electron chi connectivity index (χ1n) is 7.62. The normalized spacial score (nSPS) is 37.8. The third-order valence-corrected chi connectivity index (χ3v) is 6.88. The van der Waals surface area contributed by atoms with Crippen molar-refractivity contribution in [2.75, 3.05) is 24.0 Å². The molecule has 2 rings (SSSR count). The monoisotopic (exact) mass is 441 g/mol. The van der Waals surface area contributed by atoms with Crippen molar-refractivity contribution < 1.29 is 19.3 Å². The van der Waals surface area contributed by atoms with E-state index < -0.39 is 28.6 Å². The fraction of sp³-hybridized carbons (Fsp3) is 0.857. The molecule has 0 aromatic rings. The van der Waals surface area contributed by atoms with Crippen molar-refractivity contribution in [3.8, 4) is 0 Å². The second kappa shape index (κ2) is 7.32. The topological polar surface area (TPSA) is 108 Å². The Hall–Kier alpha value is 0. The Kier molecular flexibility index (Phi) is 6.19. The van der Waals surface area contributed by atoms with Crippen LogP contribution < -0.4 is 11.5 Å². The van der Waals surface area contributed by atoms with Gasteiger partial charge in [-0.3, -0.25) is 0 Å². The van der Waals surface area contributed by atoms with Gasteiger partial charge in [-0.05, 0) is 36.9 Å². The molecule has 4 N–H and O–H groups in total. The van der Waals surface area contributed by atoms with Gasteiger partial charge in [-0.2, -0.15) is 23.5 Å². The van der Waals surface area contributed by atoms with Gasteiger partial charge in [0.15, 0.2) is 0 Å². The van der Waals surface area contributed by atoms with Crippen molar-refractivity contribution in [2.45, 2.75) is 47.6 Å². The maximum absolute atomic E-state index is 12.6. The molecule has 0 saturated carbocycles. The molecule has 0 radical (unpaired) electrons. The predicted molar refractivity (Wildman–Crippen MR) is 99.6 cm³/mol. The molecule has 7 nitrogen and oxygen atoms in total. The van der Waals surface area contributed by atoms with Crippen molar-refractivity contribution in [3.05, 3.63) is 0 Å². The number of hydrogen-bond donors (Lipinski definition) is 2. The third kappa shape index (κ3) is 2.99. The predicted octanol–water partition coefficient (Wildman–Crippen LogP) is 1.05. The summed E-state index contributed by atoms with van der Waals surface area (Å²) in [5, 5.41) is 0.988. The van der Waals surface area contributed by atoms with Crippen LogP contribution in [0.5, 0.6) is 0 Å². The highest BCUT2D eigenvalue weighted by molar-refractivity contribution is 9.09. The Balaban J connectivity index is 2.47. The number of carbonyl (C=O) groups is 2. The second-order valence-corrected chi connectivity index (χ2v) is 9.69. The largest absolute Gasteiger partial charge is 0.351 e. The lowest BCUT2D eigenvalue weighted by atomic mass is 9.67. The first kappa shape index (κ1) is 20.3. The van der Waals surface area contributed by atoms with E-state index in [1.165, 1.54) is 0 Å². The van der Waals surface area contributed by atoms with Crippen LogP contribution in [0, 0.1) is 0 Å². The molecule has 0 amide bonds. The molecule has 10 heteroatoms. The highest BCUT2D eigenvalue weighted by Crippen LogP contribution is 2.51. The van der Waals surface area contributed by atoms with E-state index in [1.807, 2.05) is 19.4 Å². The van der Waals surface area contributed by atoms with Crippen molar-refractivity contribution in [1.29, 1.82) is 0 Å². The summed E-state index contributed by atoms with van der Waals surface area (Å²) in [6.07, 6.45) is 4.91. The number of carbonyl (C=O) groups excluding carboxylic acids is 2. The molecule has 24 heavy (non-hydrogen) atoms. The number of thioether (sulfide) groups is 2. The Morgan fingerprint density at radius 1 is 1.17 bits per heavy atom. The number of nitrogens with zero attached hydrogens (tertiary/aromatic N) is 1. The molecule has 4 unspecified atom stereocenters. The van der Waals surface area contributed by atoms with Crippen molar-refractivity contribution >= 4 is 51.4 Å². The molecular formula is C14H24BrN3O4S2. The first-order chi connectivity index (χ1) is 11.2. The molecule has 2 fully saturated rings. The number of nitrogens with two attached hydrogens (primary N) is 2. The molecule has 0 aromatic carbocycles.